The number of unbranched alkanes of at least 4 members (excludes halogenated alkanes) is 21. The number of hydrogen-bond acceptors (Lipinski definition) is 9. The van der Waals surface area contributed by atoms with Gasteiger partial charge < -0.3 is 9.47 Å². The normalized spacial score (nSPS) is 13.9. The summed E-state index contributed by atoms with van der Waals surface area (Å²) >= 11 is 0. The molecule has 11 heteroatoms. The quantitative estimate of drug-likeness (QED) is 0.0236. The second-order valence-corrected chi connectivity index (χ2v) is 17.9. The van der Waals surface area contributed by atoms with E-state index in [9.17, 15) is 24.0 Å². The third-order valence-electron chi connectivity index (χ3n) is 12.1. The molecule has 4 amide bonds. The summed E-state index contributed by atoms with van der Waals surface area (Å²) in [6.07, 6.45) is 40.3. The first-order chi connectivity index (χ1) is 30.2. The molecule has 0 radical (unpaired) electrons. The number of rotatable bonds is 44. The van der Waals surface area contributed by atoms with E-state index in [1.165, 1.54) is 96.3 Å². The van der Waals surface area contributed by atoms with Crippen LogP contribution in [-0.2, 0) is 28.7 Å². The van der Waals surface area contributed by atoms with E-state index < -0.39 is 23.9 Å². The summed E-state index contributed by atoms with van der Waals surface area (Å²) in [5.74, 6) is -1.36. The van der Waals surface area contributed by atoms with Gasteiger partial charge in [0.05, 0.1) is 0 Å². The van der Waals surface area contributed by atoms with Crippen LogP contribution in [-0.4, -0.2) is 79.1 Å². The number of hydrogen-bond donors (Lipinski definition) is 3. The van der Waals surface area contributed by atoms with Crippen molar-refractivity contribution in [3.63, 3.8) is 0 Å². The molecule has 1 saturated heterocycles. The van der Waals surface area contributed by atoms with Crippen molar-refractivity contribution in [2.45, 2.75) is 258 Å². The summed E-state index contributed by atoms with van der Waals surface area (Å²) in [5.41, 5.74) is 0. The fourth-order valence-electron chi connectivity index (χ4n) is 8.11. The SMILES string of the molecule is CCCCCCCCC(CC)OC(=O)CCCC/C=C/CN(CCCCCCCC(=O)OC(CCCCCCCC)CCCCCCCC)CCCNC1C(=O)NC(=O)NC1=O. The highest BCUT2D eigenvalue weighted by Gasteiger charge is 2.33. The number of imide groups is 2. The van der Waals surface area contributed by atoms with Crippen LogP contribution in [0.1, 0.15) is 240 Å². The van der Waals surface area contributed by atoms with Gasteiger partial charge >= 0.3 is 18.0 Å². The lowest BCUT2D eigenvalue weighted by Crippen LogP contribution is -2.63. The van der Waals surface area contributed by atoms with E-state index in [1.54, 1.807) is 0 Å². The molecule has 0 spiro atoms. The summed E-state index contributed by atoms with van der Waals surface area (Å²) < 4.78 is 11.8. The van der Waals surface area contributed by atoms with Crippen molar-refractivity contribution in [3.8, 4) is 0 Å². The van der Waals surface area contributed by atoms with Gasteiger partial charge in [0.1, 0.15) is 12.2 Å². The van der Waals surface area contributed by atoms with Gasteiger partial charge in [-0.15, -0.1) is 0 Å². The summed E-state index contributed by atoms with van der Waals surface area (Å²) in [6.45, 7) is 11.8. The highest BCUT2D eigenvalue weighted by molar-refractivity contribution is 6.18. The molecule has 0 bridgehead atoms. The molecule has 1 aliphatic heterocycles. The third-order valence-corrected chi connectivity index (χ3v) is 12.1. The lowest BCUT2D eigenvalue weighted by molar-refractivity contribution is -0.150. The Hall–Kier alpha value is -2.79. The Labute approximate surface area is 379 Å². The second kappa shape index (κ2) is 40.9. The van der Waals surface area contributed by atoms with E-state index in [4.69, 9.17) is 9.47 Å². The summed E-state index contributed by atoms with van der Waals surface area (Å²) in [7, 11) is 0. The Morgan fingerprint density at radius 3 is 1.52 bits per heavy atom. The number of ether oxygens (including phenoxy) is 2. The highest BCUT2D eigenvalue weighted by atomic mass is 16.5. The molecule has 3 N–H and O–H groups in total. The summed E-state index contributed by atoms with van der Waals surface area (Å²) in [4.78, 5) is 63.4. The molecule has 0 aliphatic carbocycles. The van der Waals surface area contributed by atoms with Crippen molar-refractivity contribution in [2.24, 2.45) is 0 Å². The van der Waals surface area contributed by atoms with Crippen LogP contribution in [0.25, 0.3) is 0 Å². The van der Waals surface area contributed by atoms with E-state index in [-0.39, 0.29) is 24.1 Å². The summed E-state index contributed by atoms with van der Waals surface area (Å²) in [6, 6.07) is -1.86. The largest absolute Gasteiger partial charge is 0.462 e. The Morgan fingerprint density at radius 1 is 0.548 bits per heavy atom. The minimum atomic E-state index is -1.07. The van der Waals surface area contributed by atoms with Crippen molar-refractivity contribution >= 4 is 29.8 Å². The lowest BCUT2D eigenvalue weighted by atomic mass is 10.0. The zero-order valence-electron chi connectivity index (χ0n) is 40.4. The van der Waals surface area contributed by atoms with E-state index in [1.807, 2.05) is 0 Å². The zero-order chi connectivity index (χ0) is 45.3. The number of nitrogens with one attached hydrogen (secondary N) is 3. The predicted molar refractivity (Wildman–Crippen MR) is 254 cm³/mol. The number of carbonyl (C=O) groups is 5. The molecular formula is C51H94N4O7. The molecule has 1 rings (SSSR count). The minimum Gasteiger partial charge on any atom is -0.462 e. The average Bonchev–Trinajstić information content (AvgIpc) is 3.24. The number of nitrogens with zero attached hydrogens (tertiary/aromatic N) is 1. The number of barbiturate groups is 1. The van der Waals surface area contributed by atoms with Crippen molar-refractivity contribution < 1.29 is 33.4 Å². The fourth-order valence-corrected chi connectivity index (χ4v) is 8.11. The molecule has 0 aromatic rings. The van der Waals surface area contributed by atoms with Gasteiger partial charge in [-0.05, 0) is 103 Å². The van der Waals surface area contributed by atoms with Crippen LogP contribution in [0.2, 0.25) is 0 Å². The van der Waals surface area contributed by atoms with E-state index >= 15 is 0 Å². The first-order valence-corrected chi connectivity index (χ1v) is 25.9. The number of amides is 4. The van der Waals surface area contributed by atoms with Gasteiger partial charge in [-0.1, -0.05) is 155 Å². The summed E-state index contributed by atoms with van der Waals surface area (Å²) in [5, 5.41) is 7.26. The number of carbonyl (C=O) groups excluding carboxylic acids is 5. The first kappa shape index (κ1) is 57.2. The Balaban J connectivity index is 2.46. The lowest BCUT2D eigenvalue weighted by Gasteiger charge is -2.23. The number of allylic oxidation sites excluding steroid dienone is 1. The van der Waals surface area contributed by atoms with Crippen LogP contribution >= 0.6 is 0 Å². The monoisotopic (exact) mass is 875 g/mol. The van der Waals surface area contributed by atoms with Crippen LogP contribution in [0.3, 0.4) is 0 Å². The molecule has 360 valence electrons. The maximum absolute atomic E-state index is 12.9. The Kier molecular flexibility index (Phi) is 37.8. The first-order valence-electron chi connectivity index (χ1n) is 25.9. The van der Waals surface area contributed by atoms with Crippen LogP contribution in [0, 0.1) is 0 Å². The zero-order valence-corrected chi connectivity index (χ0v) is 40.4. The maximum Gasteiger partial charge on any atom is 0.328 e. The maximum atomic E-state index is 12.9. The molecule has 1 aliphatic rings. The van der Waals surface area contributed by atoms with E-state index in [2.05, 4.69) is 60.7 Å². The smallest absolute Gasteiger partial charge is 0.328 e. The van der Waals surface area contributed by atoms with Crippen LogP contribution in [0.5, 0.6) is 0 Å². The Bertz CT molecular complexity index is 1140. The standard InChI is InChI=1S/C51H94N4O7/c1-5-9-12-15-20-27-35-44(8-4)61-46(56)38-30-23-18-25-32-41-55(43-34-40-52-48-49(58)53-51(60)54-50(48)59)42-33-26-19-24-31-39-47(57)62-45(36-28-21-16-13-10-6-2)37-29-22-17-14-11-7-3/h25,32,44-45,48,52H,5-24,26-31,33-43H2,1-4H3,(H2,53,54,58,59,60)/b32-25+. The predicted octanol–water partition coefficient (Wildman–Crippen LogP) is 11.9. The molecule has 0 aromatic heterocycles. The van der Waals surface area contributed by atoms with Crippen LogP contribution in [0.4, 0.5) is 4.79 Å². The van der Waals surface area contributed by atoms with Gasteiger partial charge in [-0.25, -0.2) is 4.79 Å². The molecule has 11 nitrogen and oxygen atoms in total. The Morgan fingerprint density at radius 2 is 0.984 bits per heavy atom. The molecule has 62 heavy (non-hydrogen) atoms. The van der Waals surface area contributed by atoms with Gasteiger partial charge in [0.2, 0.25) is 0 Å². The van der Waals surface area contributed by atoms with Gasteiger partial charge in [-0.3, -0.25) is 40.0 Å². The molecule has 1 fully saturated rings. The van der Waals surface area contributed by atoms with Gasteiger partial charge in [0.25, 0.3) is 11.8 Å². The molecule has 0 aromatic carbocycles. The highest BCUT2D eigenvalue weighted by Crippen LogP contribution is 2.19. The molecular weight excluding hydrogens is 781 g/mol. The average molecular weight is 875 g/mol. The molecule has 1 unspecified atom stereocenters. The van der Waals surface area contributed by atoms with Crippen molar-refractivity contribution in [3.05, 3.63) is 12.2 Å². The topological polar surface area (TPSA) is 143 Å². The van der Waals surface area contributed by atoms with Crippen molar-refractivity contribution in [1.82, 2.24) is 20.9 Å². The minimum absolute atomic E-state index is 0.0304. The van der Waals surface area contributed by atoms with Crippen LogP contribution in [0.15, 0.2) is 12.2 Å². The van der Waals surface area contributed by atoms with E-state index in [0.717, 1.165) is 122 Å². The molecule has 1 atom stereocenters. The number of urea groups is 1. The van der Waals surface area contributed by atoms with Gasteiger partial charge in [0, 0.05) is 19.4 Å². The van der Waals surface area contributed by atoms with Crippen molar-refractivity contribution in [2.75, 3.05) is 26.2 Å². The van der Waals surface area contributed by atoms with Crippen LogP contribution < -0.4 is 16.0 Å². The molecule has 0 saturated carbocycles. The molecule has 1 heterocycles. The van der Waals surface area contributed by atoms with E-state index in [0.29, 0.717) is 19.4 Å². The van der Waals surface area contributed by atoms with Gasteiger partial charge in [0.15, 0.2) is 6.04 Å². The number of esters is 2. The van der Waals surface area contributed by atoms with Gasteiger partial charge in [-0.2, -0.15) is 0 Å². The second-order valence-electron chi connectivity index (χ2n) is 17.9. The van der Waals surface area contributed by atoms with Crippen molar-refractivity contribution in [1.29, 1.82) is 0 Å². The third kappa shape index (κ3) is 32.8. The fraction of sp³-hybridized carbons (Fsp3) is 0.863.